The molecule has 1 unspecified atom stereocenters. The SMILES string of the molecule is C=CC(O)CC1(O)CCCCC1. The van der Waals surface area contributed by atoms with Crippen LogP contribution in [-0.2, 0) is 0 Å². The number of hydrogen-bond acceptors (Lipinski definition) is 2. The molecule has 1 atom stereocenters. The van der Waals surface area contributed by atoms with E-state index in [2.05, 4.69) is 6.58 Å². The van der Waals surface area contributed by atoms with Crippen molar-refractivity contribution >= 4 is 0 Å². The Balaban J connectivity index is 2.40. The third-order valence-corrected chi connectivity index (χ3v) is 2.65. The normalized spacial score (nSPS) is 24.8. The van der Waals surface area contributed by atoms with Crippen LogP contribution in [0.5, 0.6) is 0 Å². The van der Waals surface area contributed by atoms with Crippen molar-refractivity contribution in [2.45, 2.75) is 50.2 Å². The standard InChI is InChI=1S/C10H18O2/c1-2-9(11)8-10(12)6-4-3-5-7-10/h2,9,11-12H,1,3-8H2. The molecule has 70 valence electrons. The average Bonchev–Trinajstić information content (AvgIpc) is 2.05. The fourth-order valence-corrected chi connectivity index (χ4v) is 1.89. The highest BCUT2D eigenvalue weighted by Gasteiger charge is 2.30. The molecule has 0 aromatic heterocycles. The fourth-order valence-electron chi connectivity index (χ4n) is 1.89. The number of aliphatic hydroxyl groups excluding tert-OH is 1. The molecule has 1 fully saturated rings. The maximum atomic E-state index is 9.96. The van der Waals surface area contributed by atoms with Gasteiger partial charge in [-0.2, -0.15) is 0 Å². The molecule has 0 aliphatic heterocycles. The second-order valence-corrected chi connectivity index (χ2v) is 3.79. The molecule has 2 heteroatoms. The van der Waals surface area contributed by atoms with Gasteiger partial charge in [0.15, 0.2) is 0 Å². The van der Waals surface area contributed by atoms with Gasteiger partial charge in [-0.15, -0.1) is 6.58 Å². The van der Waals surface area contributed by atoms with Gasteiger partial charge in [0.1, 0.15) is 0 Å². The molecule has 1 saturated carbocycles. The minimum absolute atomic E-state index is 0.455. The Morgan fingerprint density at radius 1 is 1.33 bits per heavy atom. The van der Waals surface area contributed by atoms with E-state index in [9.17, 15) is 10.2 Å². The van der Waals surface area contributed by atoms with E-state index < -0.39 is 11.7 Å². The lowest BCUT2D eigenvalue weighted by molar-refractivity contribution is -0.0281. The number of hydrogen-bond donors (Lipinski definition) is 2. The largest absolute Gasteiger partial charge is 0.390 e. The molecule has 1 aliphatic carbocycles. The zero-order valence-electron chi connectivity index (χ0n) is 7.50. The van der Waals surface area contributed by atoms with Gasteiger partial charge in [-0.3, -0.25) is 0 Å². The second-order valence-electron chi connectivity index (χ2n) is 3.79. The van der Waals surface area contributed by atoms with Crippen LogP contribution in [0.1, 0.15) is 38.5 Å². The molecule has 0 spiro atoms. The molecule has 12 heavy (non-hydrogen) atoms. The Kier molecular flexibility index (Phi) is 3.29. The van der Waals surface area contributed by atoms with Crippen LogP contribution in [0.2, 0.25) is 0 Å². The molecule has 2 nitrogen and oxygen atoms in total. The average molecular weight is 170 g/mol. The van der Waals surface area contributed by atoms with Crippen LogP contribution in [0.25, 0.3) is 0 Å². The highest BCUT2D eigenvalue weighted by Crippen LogP contribution is 2.31. The Morgan fingerprint density at radius 3 is 2.42 bits per heavy atom. The first-order valence-corrected chi connectivity index (χ1v) is 4.69. The summed E-state index contributed by atoms with van der Waals surface area (Å²) in [5.41, 5.74) is -0.619. The first-order chi connectivity index (χ1) is 5.66. The molecule has 0 aromatic rings. The molecule has 0 saturated heterocycles. The Labute approximate surface area is 73.9 Å². The lowest BCUT2D eigenvalue weighted by Gasteiger charge is -2.33. The molecule has 0 radical (unpaired) electrons. The molecule has 0 heterocycles. The Morgan fingerprint density at radius 2 is 1.92 bits per heavy atom. The third-order valence-electron chi connectivity index (χ3n) is 2.65. The summed E-state index contributed by atoms with van der Waals surface area (Å²) in [6.45, 7) is 3.50. The smallest absolute Gasteiger partial charge is 0.0745 e. The van der Waals surface area contributed by atoms with Gasteiger partial charge < -0.3 is 10.2 Å². The summed E-state index contributed by atoms with van der Waals surface area (Å²) in [4.78, 5) is 0. The van der Waals surface area contributed by atoms with Crippen molar-refractivity contribution in [3.05, 3.63) is 12.7 Å². The Hall–Kier alpha value is -0.340. The maximum Gasteiger partial charge on any atom is 0.0745 e. The maximum absolute atomic E-state index is 9.96. The van der Waals surface area contributed by atoms with Gasteiger partial charge in [0.2, 0.25) is 0 Å². The summed E-state index contributed by atoms with van der Waals surface area (Å²) in [5, 5.41) is 19.3. The summed E-state index contributed by atoms with van der Waals surface area (Å²) in [6, 6.07) is 0. The van der Waals surface area contributed by atoms with Crippen LogP contribution in [-0.4, -0.2) is 21.9 Å². The highest BCUT2D eigenvalue weighted by molar-refractivity contribution is 4.90. The molecule has 2 N–H and O–H groups in total. The van der Waals surface area contributed by atoms with E-state index in [1.807, 2.05) is 0 Å². The Bertz CT molecular complexity index is 148. The number of rotatable bonds is 3. The van der Waals surface area contributed by atoms with Crippen LogP contribution >= 0.6 is 0 Å². The van der Waals surface area contributed by atoms with Gasteiger partial charge >= 0.3 is 0 Å². The first-order valence-electron chi connectivity index (χ1n) is 4.69. The van der Waals surface area contributed by atoms with Crippen LogP contribution in [0.15, 0.2) is 12.7 Å². The summed E-state index contributed by atoms with van der Waals surface area (Å²) < 4.78 is 0. The van der Waals surface area contributed by atoms with E-state index in [4.69, 9.17) is 0 Å². The van der Waals surface area contributed by atoms with Crippen LogP contribution < -0.4 is 0 Å². The summed E-state index contributed by atoms with van der Waals surface area (Å²) in [7, 11) is 0. The highest BCUT2D eigenvalue weighted by atomic mass is 16.3. The molecule has 1 aliphatic rings. The molecular formula is C10H18O2. The first kappa shape index (κ1) is 9.75. The van der Waals surface area contributed by atoms with Crippen LogP contribution in [0, 0.1) is 0 Å². The summed E-state index contributed by atoms with van der Waals surface area (Å²) in [5.74, 6) is 0. The van der Waals surface area contributed by atoms with E-state index in [-0.39, 0.29) is 0 Å². The van der Waals surface area contributed by atoms with E-state index >= 15 is 0 Å². The van der Waals surface area contributed by atoms with Crippen molar-refractivity contribution in [3.8, 4) is 0 Å². The summed E-state index contributed by atoms with van der Waals surface area (Å²) >= 11 is 0. The lowest BCUT2D eigenvalue weighted by Crippen LogP contribution is -2.34. The lowest BCUT2D eigenvalue weighted by atomic mass is 9.81. The minimum atomic E-state index is -0.619. The van der Waals surface area contributed by atoms with Crippen LogP contribution in [0.3, 0.4) is 0 Å². The van der Waals surface area contributed by atoms with Crippen molar-refractivity contribution in [1.29, 1.82) is 0 Å². The zero-order chi connectivity index (χ0) is 9.03. The molecule has 0 amide bonds. The van der Waals surface area contributed by atoms with Crippen LogP contribution in [0.4, 0.5) is 0 Å². The molecule has 0 aromatic carbocycles. The van der Waals surface area contributed by atoms with E-state index in [1.54, 1.807) is 0 Å². The van der Waals surface area contributed by atoms with Gasteiger partial charge in [-0.1, -0.05) is 25.3 Å². The van der Waals surface area contributed by atoms with Crippen molar-refractivity contribution in [3.63, 3.8) is 0 Å². The van der Waals surface area contributed by atoms with E-state index in [0.29, 0.717) is 6.42 Å². The quantitative estimate of drug-likeness (QED) is 0.632. The predicted octanol–water partition coefficient (Wildman–Crippen LogP) is 1.62. The molecule has 0 bridgehead atoms. The van der Waals surface area contributed by atoms with Crippen molar-refractivity contribution in [2.24, 2.45) is 0 Å². The van der Waals surface area contributed by atoms with Crippen molar-refractivity contribution < 1.29 is 10.2 Å². The second kappa shape index (κ2) is 4.06. The van der Waals surface area contributed by atoms with Gasteiger partial charge in [0.05, 0.1) is 11.7 Å². The minimum Gasteiger partial charge on any atom is -0.390 e. The fraction of sp³-hybridized carbons (Fsp3) is 0.800. The van der Waals surface area contributed by atoms with Crippen molar-refractivity contribution in [1.82, 2.24) is 0 Å². The van der Waals surface area contributed by atoms with E-state index in [0.717, 1.165) is 25.7 Å². The van der Waals surface area contributed by atoms with Gasteiger partial charge in [0, 0.05) is 6.42 Å². The zero-order valence-corrected chi connectivity index (χ0v) is 7.50. The van der Waals surface area contributed by atoms with Gasteiger partial charge in [-0.25, -0.2) is 0 Å². The third kappa shape index (κ3) is 2.61. The molecular weight excluding hydrogens is 152 g/mol. The monoisotopic (exact) mass is 170 g/mol. The van der Waals surface area contributed by atoms with Crippen molar-refractivity contribution in [2.75, 3.05) is 0 Å². The van der Waals surface area contributed by atoms with E-state index in [1.165, 1.54) is 12.5 Å². The number of aliphatic hydroxyl groups is 2. The topological polar surface area (TPSA) is 40.5 Å². The van der Waals surface area contributed by atoms with Gasteiger partial charge in [-0.05, 0) is 12.8 Å². The van der Waals surface area contributed by atoms with Gasteiger partial charge in [0.25, 0.3) is 0 Å². The molecule has 1 rings (SSSR count). The summed E-state index contributed by atoms with van der Waals surface area (Å²) in [6.07, 6.45) is 6.44. The predicted molar refractivity (Wildman–Crippen MR) is 48.9 cm³/mol.